The summed E-state index contributed by atoms with van der Waals surface area (Å²) >= 11 is 0. The fourth-order valence-electron chi connectivity index (χ4n) is 2.83. The number of hydrogen-bond acceptors (Lipinski definition) is 3. The average molecular weight is 331 g/mol. The van der Waals surface area contributed by atoms with Crippen LogP contribution >= 0.6 is 0 Å². The molecule has 6 nitrogen and oxygen atoms in total. The summed E-state index contributed by atoms with van der Waals surface area (Å²) in [5.41, 5.74) is 1.08. The Kier molecular flexibility index (Phi) is 5.95. The largest absolute Gasteiger partial charge is 0.349 e. The minimum atomic E-state index is -0.287. The predicted molar refractivity (Wildman–Crippen MR) is 91.1 cm³/mol. The molecule has 0 radical (unpaired) electrons. The molecule has 130 valence electrons. The van der Waals surface area contributed by atoms with E-state index < -0.39 is 0 Å². The molecule has 1 aliphatic heterocycles. The molecule has 1 fully saturated rings. The Labute approximate surface area is 142 Å². The lowest BCUT2D eigenvalue weighted by Gasteiger charge is -2.23. The molecule has 1 saturated heterocycles. The van der Waals surface area contributed by atoms with Crippen LogP contribution in [-0.4, -0.2) is 47.8 Å². The number of imide groups is 1. The monoisotopic (exact) mass is 331 g/mol. The maximum Gasteiger partial charge on any atom is 0.326 e. The summed E-state index contributed by atoms with van der Waals surface area (Å²) in [6.45, 7) is 4.53. The zero-order valence-corrected chi connectivity index (χ0v) is 14.5. The summed E-state index contributed by atoms with van der Waals surface area (Å²) in [5, 5.41) is 3.05. The quantitative estimate of drug-likeness (QED) is 0.779. The molecule has 2 rings (SSSR count). The van der Waals surface area contributed by atoms with Gasteiger partial charge in [-0.15, -0.1) is 0 Å². The first-order valence-corrected chi connectivity index (χ1v) is 8.30. The van der Waals surface area contributed by atoms with Crippen LogP contribution in [0.25, 0.3) is 0 Å². The molecule has 1 heterocycles. The van der Waals surface area contributed by atoms with Crippen LogP contribution in [0.2, 0.25) is 0 Å². The fourth-order valence-corrected chi connectivity index (χ4v) is 2.83. The van der Waals surface area contributed by atoms with Gasteiger partial charge in [0.05, 0.1) is 6.04 Å². The van der Waals surface area contributed by atoms with E-state index in [1.807, 2.05) is 30.3 Å². The first-order chi connectivity index (χ1) is 11.4. The van der Waals surface area contributed by atoms with Crippen molar-refractivity contribution in [3.8, 4) is 0 Å². The molecular weight excluding hydrogens is 306 g/mol. The van der Waals surface area contributed by atoms with Crippen molar-refractivity contribution in [2.24, 2.45) is 5.92 Å². The molecule has 6 heteroatoms. The van der Waals surface area contributed by atoms with Gasteiger partial charge in [-0.25, -0.2) is 4.79 Å². The normalized spacial score (nSPS) is 16.0. The maximum atomic E-state index is 12.2. The first-order valence-electron chi connectivity index (χ1n) is 8.30. The highest BCUT2D eigenvalue weighted by atomic mass is 16.2. The van der Waals surface area contributed by atoms with E-state index in [2.05, 4.69) is 19.2 Å². The number of nitrogens with one attached hydrogen (secondary N) is 1. The Balaban J connectivity index is 1.84. The van der Waals surface area contributed by atoms with Crippen molar-refractivity contribution in [1.82, 2.24) is 15.1 Å². The third-order valence-corrected chi connectivity index (χ3v) is 4.16. The summed E-state index contributed by atoms with van der Waals surface area (Å²) in [5.74, 6) is 0.00369. The molecule has 0 saturated carbocycles. The zero-order chi connectivity index (χ0) is 17.7. The average Bonchev–Trinajstić information content (AvgIpc) is 2.79. The van der Waals surface area contributed by atoms with E-state index in [1.54, 1.807) is 7.05 Å². The van der Waals surface area contributed by atoms with Crippen molar-refractivity contribution in [3.63, 3.8) is 0 Å². The molecule has 1 atom stereocenters. The van der Waals surface area contributed by atoms with Gasteiger partial charge in [0.15, 0.2) is 0 Å². The molecule has 0 spiro atoms. The number of carbonyl (C=O) groups excluding carboxylic acids is 3. The second-order valence-corrected chi connectivity index (χ2v) is 6.49. The Hall–Kier alpha value is -2.37. The summed E-state index contributed by atoms with van der Waals surface area (Å²) in [7, 11) is 1.60. The van der Waals surface area contributed by atoms with Crippen LogP contribution in [0.4, 0.5) is 4.79 Å². The van der Waals surface area contributed by atoms with Gasteiger partial charge < -0.3 is 10.2 Å². The maximum absolute atomic E-state index is 12.2. The highest BCUT2D eigenvalue weighted by Crippen LogP contribution is 2.21. The molecule has 0 aliphatic carbocycles. The van der Waals surface area contributed by atoms with Gasteiger partial charge in [0.2, 0.25) is 11.8 Å². The van der Waals surface area contributed by atoms with E-state index in [1.165, 1.54) is 9.80 Å². The molecule has 0 bridgehead atoms. The van der Waals surface area contributed by atoms with Crippen LogP contribution in [-0.2, 0) is 9.59 Å². The molecular formula is C18H25N3O3. The number of nitrogens with zero attached hydrogens (tertiary/aromatic N) is 2. The van der Waals surface area contributed by atoms with E-state index in [0.29, 0.717) is 6.42 Å². The smallest absolute Gasteiger partial charge is 0.326 e. The molecule has 1 unspecified atom stereocenters. The number of amides is 4. The van der Waals surface area contributed by atoms with Crippen molar-refractivity contribution in [2.75, 3.05) is 20.1 Å². The Morgan fingerprint density at radius 1 is 1.21 bits per heavy atom. The van der Waals surface area contributed by atoms with E-state index >= 15 is 0 Å². The molecule has 1 N–H and O–H groups in total. The van der Waals surface area contributed by atoms with Gasteiger partial charge in [0.25, 0.3) is 0 Å². The lowest BCUT2D eigenvalue weighted by molar-refractivity contribution is -0.126. The van der Waals surface area contributed by atoms with Crippen molar-refractivity contribution in [3.05, 3.63) is 35.9 Å². The van der Waals surface area contributed by atoms with Crippen molar-refractivity contribution < 1.29 is 14.4 Å². The lowest BCUT2D eigenvalue weighted by Crippen LogP contribution is -2.34. The fraction of sp³-hybridized carbons (Fsp3) is 0.500. The van der Waals surface area contributed by atoms with E-state index in [-0.39, 0.29) is 49.3 Å². The van der Waals surface area contributed by atoms with Gasteiger partial charge in [0.1, 0.15) is 6.54 Å². The number of rotatable bonds is 7. The molecule has 1 aromatic rings. The van der Waals surface area contributed by atoms with Crippen LogP contribution in [0.5, 0.6) is 0 Å². The van der Waals surface area contributed by atoms with Crippen LogP contribution < -0.4 is 5.32 Å². The van der Waals surface area contributed by atoms with E-state index in [9.17, 15) is 14.4 Å². The lowest BCUT2D eigenvalue weighted by atomic mass is 9.96. The third-order valence-electron chi connectivity index (χ3n) is 4.16. The second kappa shape index (κ2) is 7.95. The summed E-state index contributed by atoms with van der Waals surface area (Å²) in [6.07, 6.45) is 0.758. The molecule has 0 aromatic heterocycles. The van der Waals surface area contributed by atoms with Crippen molar-refractivity contribution in [1.29, 1.82) is 0 Å². The van der Waals surface area contributed by atoms with Crippen molar-refractivity contribution in [2.45, 2.75) is 32.7 Å². The van der Waals surface area contributed by atoms with Gasteiger partial charge in [0, 0.05) is 20.0 Å². The SMILES string of the molecule is CC(C)C(NC(=O)CCCN1C(=O)CN(C)C1=O)c1ccccc1. The van der Waals surface area contributed by atoms with Gasteiger partial charge in [-0.1, -0.05) is 44.2 Å². The van der Waals surface area contributed by atoms with Crippen LogP contribution in [0.3, 0.4) is 0 Å². The number of benzene rings is 1. The van der Waals surface area contributed by atoms with Gasteiger partial charge in [-0.2, -0.15) is 0 Å². The Morgan fingerprint density at radius 2 is 1.88 bits per heavy atom. The van der Waals surface area contributed by atoms with Gasteiger partial charge in [-0.3, -0.25) is 14.5 Å². The predicted octanol–water partition coefficient (Wildman–Crippen LogP) is 2.17. The Morgan fingerprint density at radius 3 is 2.42 bits per heavy atom. The van der Waals surface area contributed by atoms with Gasteiger partial charge >= 0.3 is 6.03 Å². The molecule has 24 heavy (non-hydrogen) atoms. The zero-order valence-electron chi connectivity index (χ0n) is 14.5. The third kappa shape index (κ3) is 4.34. The van der Waals surface area contributed by atoms with E-state index in [0.717, 1.165) is 5.56 Å². The number of likely N-dealkylation sites (N-methyl/N-ethyl adjacent to an activating group) is 1. The van der Waals surface area contributed by atoms with Gasteiger partial charge in [-0.05, 0) is 17.9 Å². The van der Waals surface area contributed by atoms with Crippen molar-refractivity contribution >= 4 is 17.8 Å². The minimum absolute atomic E-state index is 0.0418. The van der Waals surface area contributed by atoms with Crippen LogP contribution in [0, 0.1) is 5.92 Å². The summed E-state index contributed by atoms with van der Waals surface area (Å²) in [4.78, 5) is 38.3. The van der Waals surface area contributed by atoms with Crippen LogP contribution in [0.1, 0.15) is 38.3 Å². The molecule has 1 aromatic carbocycles. The minimum Gasteiger partial charge on any atom is -0.349 e. The highest BCUT2D eigenvalue weighted by Gasteiger charge is 2.32. The molecule has 4 amide bonds. The highest BCUT2D eigenvalue weighted by molar-refractivity contribution is 6.01. The molecule has 1 aliphatic rings. The van der Waals surface area contributed by atoms with Crippen LogP contribution in [0.15, 0.2) is 30.3 Å². The topological polar surface area (TPSA) is 69.7 Å². The van der Waals surface area contributed by atoms with E-state index in [4.69, 9.17) is 0 Å². The second-order valence-electron chi connectivity index (χ2n) is 6.49. The standard InChI is InChI=1S/C18H25N3O3/c1-13(2)17(14-8-5-4-6-9-14)19-15(22)10-7-11-21-16(23)12-20(3)18(21)24/h4-6,8-9,13,17H,7,10-12H2,1-3H3,(H,19,22). The summed E-state index contributed by atoms with van der Waals surface area (Å²) < 4.78 is 0. The Bertz CT molecular complexity index is 601. The summed E-state index contributed by atoms with van der Waals surface area (Å²) in [6, 6.07) is 9.54. The number of carbonyl (C=O) groups is 3. The first kappa shape index (κ1) is 18.0. The number of hydrogen-bond donors (Lipinski definition) is 1. The number of urea groups is 1.